The van der Waals surface area contributed by atoms with Crippen molar-refractivity contribution < 1.29 is 71.0 Å². The molecule has 21 heteroatoms. The lowest BCUT2D eigenvalue weighted by Gasteiger charge is -2.21. The van der Waals surface area contributed by atoms with Crippen molar-refractivity contribution >= 4 is 33.4 Å². The summed E-state index contributed by atoms with van der Waals surface area (Å²) in [5.41, 5.74) is 4.59. The second-order valence-corrected chi connectivity index (χ2v) is 23.3. The second-order valence-electron chi connectivity index (χ2n) is 20.3. The summed E-state index contributed by atoms with van der Waals surface area (Å²) in [6, 6.07) is 1.25. The highest BCUT2D eigenvalue weighted by Crippen LogP contribution is 2.60. The highest BCUT2D eigenvalue weighted by Gasteiger charge is 2.46. The molecule has 1 aromatic rings. The van der Waals surface area contributed by atoms with E-state index < -0.39 is 83.7 Å². The van der Waals surface area contributed by atoms with Crippen LogP contribution >= 0.6 is 15.6 Å². The number of carbonyl (C=O) groups excluding carboxylic acids is 2. The van der Waals surface area contributed by atoms with Crippen LogP contribution in [-0.2, 0) is 51.0 Å². The maximum atomic E-state index is 13.0. The molecular formula is C54H93N3O16P2. The molecule has 2 saturated heterocycles. The van der Waals surface area contributed by atoms with Crippen LogP contribution in [0.25, 0.3) is 0 Å². The van der Waals surface area contributed by atoms with Crippen molar-refractivity contribution in [3.8, 4) is 0 Å². The molecule has 2 aliphatic heterocycles. The number of ether oxygens (including phenoxy) is 4. The van der Waals surface area contributed by atoms with Crippen molar-refractivity contribution in [1.82, 2.24) is 9.55 Å². The Hall–Kier alpha value is -3.06. The lowest BCUT2D eigenvalue weighted by molar-refractivity contribution is -0.161. The molecule has 3 rings (SSSR count). The largest absolute Gasteiger partial charge is 0.481 e. The highest BCUT2D eigenvalue weighted by atomic mass is 31.3. The number of hydrogen-bond acceptors (Lipinski definition) is 16. The third-order valence-electron chi connectivity index (χ3n) is 13.1. The van der Waals surface area contributed by atoms with Crippen LogP contribution in [-0.4, -0.2) is 97.9 Å². The van der Waals surface area contributed by atoms with E-state index >= 15 is 0 Å². The fraction of sp³-hybridized carbons (Fsp3) is 0.778. The minimum atomic E-state index is -5.45. The number of nitrogens with two attached hydrogens (primary N) is 1. The first-order valence-corrected chi connectivity index (χ1v) is 31.0. The fourth-order valence-corrected chi connectivity index (χ4v) is 10.8. The maximum absolute atomic E-state index is 13.0. The number of nitrogen functional groups attached to an aromatic ring is 1. The van der Waals surface area contributed by atoms with Gasteiger partial charge in [-0.1, -0.05) is 173 Å². The van der Waals surface area contributed by atoms with Crippen molar-refractivity contribution in [2.45, 2.75) is 243 Å². The molecule has 0 bridgehead atoms. The molecule has 2 fully saturated rings. The molecule has 19 nitrogen and oxygen atoms in total. The third kappa shape index (κ3) is 31.2. The summed E-state index contributed by atoms with van der Waals surface area (Å²) in [7, 11) is -10.9. The molecule has 4 unspecified atom stereocenters. The SMILES string of the molecule is CCCCC/C=C\C/C=C\C/C=C\CC1OC1CCCC(=O)O[C@H](COC(=O)CCCCCCCCCCCCCCCCCCC(C)C)COP(=O)(O)OP(=O)(O)OC[C@H]1O[C@@H](n2ccc(N)nc2=O)[C@H](O)[C@@H]1O. The monoisotopic (exact) mass is 1100 g/mol. The van der Waals surface area contributed by atoms with Gasteiger partial charge in [-0.05, 0) is 63.4 Å². The van der Waals surface area contributed by atoms with Gasteiger partial charge in [-0.25, -0.2) is 13.9 Å². The molecule has 9 atom stereocenters. The van der Waals surface area contributed by atoms with Gasteiger partial charge in [0.05, 0.1) is 25.4 Å². The summed E-state index contributed by atoms with van der Waals surface area (Å²) in [6.07, 6.45) is 35.2. The van der Waals surface area contributed by atoms with E-state index in [1.165, 1.54) is 102 Å². The summed E-state index contributed by atoms with van der Waals surface area (Å²) < 4.78 is 62.8. The Balaban J connectivity index is 1.39. The van der Waals surface area contributed by atoms with E-state index in [0.717, 1.165) is 68.0 Å². The standard InChI is InChI=1S/C54H93N3O16P2/c1-4-5-6-7-8-9-10-18-21-24-27-30-34-45-46(71-45)35-32-37-50(59)70-44(40-67-49(58)36-31-28-25-22-19-16-14-12-11-13-15-17-20-23-26-29-33-43(2)3)41-68-74(63,64)73-75(65,66)69-42-47-51(60)52(61)53(72-47)57-39-38-48(55)56-54(57)62/h8-9,18,21,27,30,38-39,43-47,51-53,60-61H,4-7,10-17,19-20,22-26,28-29,31-37,40-42H2,1-3H3,(H,63,64)(H,65,66)(H2,55,56,62)/b9-8-,21-18-,30-27-/t44-,45?,46?,47-,51-,52-,53-/m1/s1. The maximum Gasteiger partial charge on any atom is 0.481 e. The smallest absolute Gasteiger partial charge is 0.462 e. The van der Waals surface area contributed by atoms with Gasteiger partial charge in [-0.15, -0.1) is 0 Å². The number of anilines is 1. The molecule has 75 heavy (non-hydrogen) atoms. The highest BCUT2D eigenvalue weighted by molar-refractivity contribution is 7.61. The molecule has 0 amide bonds. The molecule has 430 valence electrons. The Morgan fingerprint density at radius 3 is 1.89 bits per heavy atom. The van der Waals surface area contributed by atoms with Gasteiger partial charge in [0.15, 0.2) is 12.3 Å². The van der Waals surface area contributed by atoms with Crippen molar-refractivity contribution in [3.63, 3.8) is 0 Å². The first kappa shape index (κ1) is 66.2. The van der Waals surface area contributed by atoms with Crippen molar-refractivity contribution in [3.05, 3.63) is 59.2 Å². The number of aliphatic hydroxyl groups is 2. The quantitative estimate of drug-likeness (QED) is 0.0133. The summed E-state index contributed by atoms with van der Waals surface area (Å²) in [6.45, 7) is 4.42. The van der Waals surface area contributed by atoms with Crippen LogP contribution in [0.5, 0.6) is 0 Å². The van der Waals surface area contributed by atoms with E-state index in [0.29, 0.717) is 19.3 Å². The van der Waals surface area contributed by atoms with Gasteiger partial charge >= 0.3 is 33.3 Å². The summed E-state index contributed by atoms with van der Waals surface area (Å²) in [5, 5.41) is 21.0. The predicted octanol–water partition coefficient (Wildman–Crippen LogP) is 11.2. The number of epoxide rings is 1. The van der Waals surface area contributed by atoms with E-state index in [1.54, 1.807) is 0 Å². The van der Waals surface area contributed by atoms with Gasteiger partial charge in [0.2, 0.25) is 0 Å². The Kier molecular flexibility index (Phi) is 34.0. The van der Waals surface area contributed by atoms with E-state index in [4.69, 9.17) is 33.7 Å². The molecule has 0 aliphatic carbocycles. The molecule has 2 aliphatic rings. The average Bonchev–Trinajstić information content (AvgIpc) is 4.05. The lowest BCUT2D eigenvalue weighted by Crippen LogP contribution is -2.36. The molecule has 0 aromatic carbocycles. The first-order chi connectivity index (χ1) is 36.0. The van der Waals surface area contributed by atoms with E-state index in [2.05, 4.69) is 66.5 Å². The van der Waals surface area contributed by atoms with Crippen LogP contribution in [0.2, 0.25) is 0 Å². The fourth-order valence-electron chi connectivity index (χ4n) is 8.64. The van der Waals surface area contributed by atoms with Gasteiger partial charge < -0.3 is 44.7 Å². The van der Waals surface area contributed by atoms with Crippen LogP contribution in [0.1, 0.15) is 207 Å². The lowest BCUT2D eigenvalue weighted by atomic mass is 10.0. The normalized spacial score (nSPS) is 21.8. The number of rotatable bonds is 45. The number of aromatic nitrogens is 2. The van der Waals surface area contributed by atoms with Gasteiger partial charge in [-0.3, -0.25) is 23.2 Å². The predicted molar refractivity (Wildman–Crippen MR) is 288 cm³/mol. The molecule has 6 N–H and O–H groups in total. The number of carbonyl (C=O) groups is 2. The van der Waals surface area contributed by atoms with Crippen molar-refractivity contribution in [1.29, 1.82) is 0 Å². The van der Waals surface area contributed by atoms with Crippen LogP contribution in [0.3, 0.4) is 0 Å². The number of nitrogens with zero attached hydrogens (tertiary/aromatic N) is 2. The average molecular weight is 1100 g/mol. The Labute approximate surface area is 446 Å². The molecule has 0 spiro atoms. The van der Waals surface area contributed by atoms with Gasteiger partial charge in [0.25, 0.3) is 0 Å². The van der Waals surface area contributed by atoms with E-state index in [1.807, 2.05) is 0 Å². The Bertz CT molecular complexity index is 1980. The van der Waals surface area contributed by atoms with E-state index in [-0.39, 0.29) is 30.9 Å². The van der Waals surface area contributed by atoms with Gasteiger partial charge in [0, 0.05) is 19.0 Å². The number of phosphoric acid groups is 2. The first-order valence-electron chi connectivity index (χ1n) is 28.0. The number of esters is 2. The molecular weight excluding hydrogens is 1010 g/mol. The Morgan fingerprint density at radius 2 is 1.28 bits per heavy atom. The number of unbranched alkanes of at least 4 members (excludes halogenated alkanes) is 18. The van der Waals surface area contributed by atoms with Crippen LogP contribution in [0, 0.1) is 5.92 Å². The molecule has 0 radical (unpaired) electrons. The molecule has 1 aromatic heterocycles. The third-order valence-corrected chi connectivity index (χ3v) is 15.7. The van der Waals surface area contributed by atoms with Crippen LogP contribution in [0.15, 0.2) is 53.5 Å². The van der Waals surface area contributed by atoms with Gasteiger partial charge in [0.1, 0.15) is 30.7 Å². The zero-order valence-corrected chi connectivity index (χ0v) is 47.0. The number of aliphatic hydroxyl groups excluding tert-OH is 2. The van der Waals surface area contributed by atoms with Crippen molar-refractivity contribution in [2.75, 3.05) is 25.6 Å². The minimum Gasteiger partial charge on any atom is -0.462 e. The van der Waals surface area contributed by atoms with Crippen LogP contribution in [0.4, 0.5) is 5.82 Å². The second kappa shape index (κ2) is 38.5. The van der Waals surface area contributed by atoms with Crippen LogP contribution < -0.4 is 11.4 Å². The summed E-state index contributed by atoms with van der Waals surface area (Å²) in [5.74, 6) is -0.558. The topological polar surface area (TPSA) is 278 Å². The minimum absolute atomic E-state index is 0.00559. The van der Waals surface area contributed by atoms with E-state index in [9.17, 15) is 43.5 Å². The van der Waals surface area contributed by atoms with Gasteiger partial charge in [-0.2, -0.15) is 9.29 Å². The zero-order chi connectivity index (χ0) is 54.7. The number of hydrogen-bond donors (Lipinski definition) is 5. The molecule has 0 saturated carbocycles. The Morgan fingerprint density at radius 1 is 0.707 bits per heavy atom. The summed E-state index contributed by atoms with van der Waals surface area (Å²) in [4.78, 5) is 62.2. The molecule has 3 heterocycles. The number of allylic oxidation sites excluding steroid dienone is 5. The number of phosphoric ester groups is 2. The summed E-state index contributed by atoms with van der Waals surface area (Å²) >= 11 is 0. The zero-order valence-electron chi connectivity index (χ0n) is 45.2. The van der Waals surface area contributed by atoms with Crippen molar-refractivity contribution in [2.24, 2.45) is 5.92 Å².